The third kappa shape index (κ3) is 3.23. The second-order valence-electron chi connectivity index (χ2n) is 3.33. The monoisotopic (exact) mass is 182 g/mol. The Labute approximate surface area is 80.2 Å². The third-order valence-corrected chi connectivity index (χ3v) is 2.01. The van der Waals surface area contributed by atoms with Crippen molar-refractivity contribution in [3.8, 4) is 0 Å². The first-order chi connectivity index (χ1) is 6.24. The van der Waals surface area contributed by atoms with Gasteiger partial charge in [-0.25, -0.2) is 0 Å². The van der Waals surface area contributed by atoms with E-state index in [9.17, 15) is 0 Å². The summed E-state index contributed by atoms with van der Waals surface area (Å²) < 4.78 is 11.0. The lowest BCUT2D eigenvalue weighted by Crippen LogP contribution is -2.32. The third-order valence-electron chi connectivity index (χ3n) is 2.01. The van der Waals surface area contributed by atoms with Gasteiger partial charge in [0, 0.05) is 0 Å². The Bertz CT molecular complexity index is 196. The normalized spacial score (nSPS) is 29.2. The first kappa shape index (κ1) is 10.3. The molecule has 2 heteroatoms. The molecule has 0 radical (unpaired) electrons. The molecule has 0 aromatic carbocycles. The SMILES string of the molecule is C=C1OCC(C)OC1C/C=C\CC. The highest BCUT2D eigenvalue weighted by atomic mass is 16.6. The molecule has 1 fully saturated rings. The molecule has 74 valence electrons. The molecule has 0 N–H and O–H groups in total. The predicted molar refractivity (Wildman–Crippen MR) is 53.5 cm³/mol. The molecule has 13 heavy (non-hydrogen) atoms. The van der Waals surface area contributed by atoms with Crippen LogP contribution in [0.2, 0.25) is 0 Å². The standard InChI is InChI=1S/C11H18O2/c1-4-5-6-7-11-10(3)12-8-9(2)13-11/h5-6,9,11H,3-4,7-8H2,1-2H3/b6-5-. The van der Waals surface area contributed by atoms with Crippen molar-refractivity contribution in [1.29, 1.82) is 0 Å². The number of hydrogen-bond acceptors (Lipinski definition) is 2. The Kier molecular flexibility index (Phi) is 4.03. The van der Waals surface area contributed by atoms with E-state index in [2.05, 4.69) is 25.7 Å². The van der Waals surface area contributed by atoms with Crippen LogP contribution in [-0.4, -0.2) is 18.8 Å². The maximum atomic E-state index is 5.67. The Balaban J connectivity index is 2.37. The molecule has 2 atom stereocenters. The molecule has 1 rings (SSSR count). The molecule has 1 heterocycles. The summed E-state index contributed by atoms with van der Waals surface area (Å²) in [5.41, 5.74) is 0. The van der Waals surface area contributed by atoms with E-state index >= 15 is 0 Å². The molecule has 0 amide bonds. The van der Waals surface area contributed by atoms with Crippen LogP contribution in [0.4, 0.5) is 0 Å². The molecule has 0 spiro atoms. The van der Waals surface area contributed by atoms with Crippen molar-refractivity contribution in [3.05, 3.63) is 24.5 Å². The lowest BCUT2D eigenvalue weighted by atomic mass is 10.2. The first-order valence-electron chi connectivity index (χ1n) is 4.86. The van der Waals surface area contributed by atoms with Gasteiger partial charge in [-0.05, 0) is 19.8 Å². The molecule has 0 bridgehead atoms. The molecule has 0 aromatic heterocycles. The fourth-order valence-electron chi connectivity index (χ4n) is 1.29. The summed E-state index contributed by atoms with van der Waals surface area (Å²) in [6.45, 7) is 8.59. The van der Waals surface area contributed by atoms with Crippen molar-refractivity contribution in [1.82, 2.24) is 0 Å². The second kappa shape index (κ2) is 5.07. The van der Waals surface area contributed by atoms with Crippen LogP contribution in [0, 0.1) is 0 Å². The van der Waals surface area contributed by atoms with Gasteiger partial charge >= 0.3 is 0 Å². The molecule has 2 nitrogen and oxygen atoms in total. The average Bonchev–Trinajstić information content (AvgIpc) is 2.11. The van der Waals surface area contributed by atoms with Crippen LogP contribution in [0.15, 0.2) is 24.5 Å². The maximum absolute atomic E-state index is 5.67. The molecule has 1 aliphatic heterocycles. The molecule has 1 saturated heterocycles. The zero-order valence-electron chi connectivity index (χ0n) is 8.45. The van der Waals surface area contributed by atoms with E-state index in [1.54, 1.807) is 0 Å². The van der Waals surface area contributed by atoms with Crippen LogP contribution in [0.1, 0.15) is 26.7 Å². The zero-order chi connectivity index (χ0) is 9.68. The van der Waals surface area contributed by atoms with E-state index in [4.69, 9.17) is 9.47 Å². The van der Waals surface area contributed by atoms with E-state index in [1.165, 1.54) is 0 Å². The molecule has 1 aliphatic rings. The fraction of sp³-hybridized carbons (Fsp3) is 0.636. The van der Waals surface area contributed by atoms with Gasteiger partial charge in [0.1, 0.15) is 18.5 Å². The Morgan fingerprint density at radius 2 is 2.31 bits per heavy atom. The lowest BCUT2D eigenvalue weighted by molar-refractivity contribution is -0.0880. The van der Waals surface area contributed by atoms with Crippen LogP contribution in [0.5, 0.6) is 0 Å². The molecule has 0 aromatic rings. The molecular weight excluding hydrogens is 164 g/mol. The number of hydrogen-bond donors (Lipinski definition) is 0. The summed E-state index contributed by atoms with van der Waals surface area (Å²) in [6, 6.07) is 0. The van der Waals surface area contributed by atoms with Gasteiger partial charge in [0.05, 0.1) is 6.10 Å². The zero-order valence-corrected chi connectivity index (χ0v) is 8.45. The molecular formula is C11H18O2. The Morgan fingerprint density at radius 1 is 1.54 bits per heavy atom. The molecule has 0 aliphatic carbocycles. The molecule has 2 unspecified atom stereocenters. The minimum Gasteiger partial charge on any atom is -0.493 e. The van der Waals surface area contributed by atoms with Crippen molar-refractivity contribution in [3.63, 3.8) is 0 Å². The van der Waals surface area contributed by atoms with Crippen LogP contribution in [-0.2, 0) is 9.47 Å². The van der Waals surface area contributed by atoms with Crippen molar-refractivity contribution in [2.45, 2.75) is 38.9 Å². The lowest BCUT2D eigenvalue weighted by Gasteiger charge is -2.29. The van der Waals surface area contributed by atoms with Crippen LogP contribution in [0.3, 0.4) is 0 Å². The van der Waals surface area contributed by atoms with E-state index in [-0.39, 0.29) is 12.2 Å². The van der Waals surface area contributed by atoms with Gasteiger partial charge in [-0.2, -0.15) is 0 Å². The van der Waals surface area contributed by atoms with E-state index in [1.807, 2.05) is 6.92 Å². The van der Waals surface area contributed by atoms with Gasteiger partial charge in [-0.1, -0.05) is 25.7 Å². The van der Waals surface area contributed by atoms with Gasteiger partial charge in [0.2, 0.25) is 0 Å². The van der Waals surface area contributed by atoms with E-state index in [0.29, 0.717) is 6.61 Å². The largest absolute Gasteiger partial charge is 0.493 e. The fourth-order valence-corrected chi connectivity index (χ4v) is 1.29. The number of allylic oxidation sites excluding steroid dienone is 1. The Morgan fingerprint density at radius 3 is 3.00 bits per heavy atom. The summed E-state index contributed by atoms with van der Waals surface area (Å²) in [5.74, 6) is 0.763. The maximum Gasteiger partial charge on any atom is 0.118 e. The van der Waals surface area contributed by atoms with Crippen molar-refractivity contribution < 1.29 is 9.47 Å². The quantitative estimate of drug-likeness (QED) is 0.625. The number of rotatable bonds is 3. The van der Waals surface area contributed by atoms with Gasteiger partial charge in [0.15, 0.2) is 0 Å². The van der Waals surface area contributed by atoms with Crippen LogP contribution >= 0.6 is 0 Å². The van der Waals surface area contributed by atoms with Crippen LogP contribution in [0.25, 0.3) is 0 Å². The first-order valence-corrected chi connectivity index (χ1v) is 4.86. The van der Waals surface area contributed by atoms with E-state index in [0.717, 1.165) is 18.6 Å². The van der Waals surface area contributed by atoms with Gasteiger partial charge < -0.3 is 9.47 Å². The minimum absolute atomic E-state index is 0.0477. The van der Waals surface area contributed by atoms with Crippen LogP contribution < -0.4 is 0 Å². The van der Waals surface area contributed by atoms with Crippen molar-refractivity contribution in [2.24, 2.45) is 0 Å². The van der Waals surface area contributed by atoms with E-state index < -0.39 is 0 Å². The highest BCUT2D eigenvalue weighted by Gasteiger charge is 2.22. The number of ether oxygens (including phenoxy) is 2. The average molecular weight is 182 g/mol. The van der Waals surface area contributed by atoms with Crippen molar-refractivity contribution in [2.75, 3.05) is 6.61 Å². The Hall–Kier alpha value is -0.760. The predicted octanol–water partition coefficient (Wildman–Crippen LogP) is 2.66. The second-order valence-corrected chi connectivity index (χ2v) is 3.33. The smallest absolute Gasteiger partial charge is 0.118 e. The summed E-state index contributed by atoms with van der Waals surface area (Å²) in [6.07, 6.45) is 6.43. The van der Waals surface area contributed by atoms with Crippen molar-refractivity contribution >= 4 is 0 Å². The summed E-state index contributed by atoms with van der Waals surface area (Å²) in [7, 11) is 0. The summed E-state index contributed by atoms with van der Waals surface area (Å²) in [4.78, 5) is 0. The minimum atomic E-state index is 0.0477. The summed E-state index contributed by atoms with van der Waals surface area (Å²) in [5, 5.41) is 0. The van der Waals surface area contributed by atoms with Gasteiger partial charge in [-0.15, -0.1) is 0 Å². The topological polar surface area (TPSA) is 18.5 Å². The summed E-state index contributed by atoms with van der Waals surface area (Å²) >= 11 is 0. The van der Waals surface area contributed by atoms with Gasteiger partial charge in [0.25, 0.3) is 0 Å². The highest BCUT2D eigenvalue weighted by molar-refractivity contribution is 5.00. The van der Waals surface area contributed by atoms with Gasteiger partial charge in [-0.3, -0.25) is 0 Å². The highest BCUT2D eigenvalue weighted by Crippen LogP contribution is 2.19. The molecule has 0 saturated carbocycles.